The monoisotopic (exact) mass is 360 g/mol. The highest BCUT2D eigenvalue weighted by molar-refractivity contribution is 6.03. The van der Waals surface area contributed by atoms with E-state index < -0.39 is 0 Å². The average molecular weight is 360 g/mol. The van der Waals surface area contributed by atoms with Gasteiger partial charge in [-0.3, -0.25) is 4.79 Å². The molecule has 0 saturated carbocycles. The topological polar surface area (TPSA) is 55.0 Å². The minimum atomic E-state index is -0.256. The van der Waals surface area contributed by atoms with E-state index >= 15 is 0 Å². The summed E-state index contributed by atoms with van der Waals surface area (Å²) in [4.78, 5) is 13.3. The summed E-state index contributed by atoms with van der Waals surface area (Å²) in [6, 6.07) is 18.7. The first kappa shape index (κ1) is 17.1. The molecule has 5 nitrogen and oxygen atoms in total. The Labute approximate surface area is 157 Å². The minimum Gasteiger partial charge on any atom is -0.496 e. The van der Waals surface area contributed by atoms with Gasteiger partial charge in [0.15, 0.2) is 0 Å². The van der Waals surface area contributed by atoms with Gasteiger partial charge in [-0.2, -0.15) is 5.10 Å². The summed E-state index contributed by atoms with van der Waals surface area (Å²) in [7, 11) is 1.63. The third-order valence-electron chi connectivity index (χ3n) is 4.80. The fourth-order valence-corrected chi connectivity index (χ4v) is 3.41. The number of carbonyl (C=O) groups is 1. The number of nitrogens with zero attached hydrogens (tertiary/aromatic N) is 2. The predicted molar refractivity (Wildman–Crippen MR) is 103 cm³/mol. The van der Waals surface area contributed by atoms with Gasteiger partial charge in [0.2, 0.25) is 0 Å². The van der Waals surface area contributed by atoms with Crippen molar-refractivity contribution in [3.05, 3.63) is 89.4 Å². The molecule has 136 valence electrons. The third kappa shape index (κ3) is 3.12. The van der Waals surface area contributed by atoms with Gasteiger partial charge >= 0.3 is 0 Å². The highest BCUT2D eigenvalue weighted by atomic mass is 16.5. The van der Waals surface area contributed by atoms with Crippen LogP contribution in [0.25, 0.3) is 0 Å². The standard InChI is InChI=1S/C22H20N2O3/c1-15-8-3-4-9-16(15)22(25)24-19(17-10-5-6-11-20(17)26-2)14-18(23-24)21-12-7-13-27-21/h3-13,19H,14H2,1-2H3. The molecule has 0 N–H and O–H groups in total. The van der Waals surface area contributed by atoms with Crippen molar-refractivity contribution < 1.29 is 13.9 Å². The molecule has 3 aromatic rings. The van der Waals surface area contributed by atoms with Crippen LogP contribution in [-0.2, 0) is 0 Å². The van der Waals surface area contributed by atoms with Gasteiger partial charge in [0.25, 0.3) is 5.91 Å². The molecule has 27 heavy (non-hydrogen) atoms. The summed E-state index contributed by atoms with van der Waals surface area (Å²) in [6.07, 6.45) is 2.17. The summed E-state index contributed by atoms with van der Waals surface area (Å²) in [5.74, 6) is 1.28. The van der Waals surface area contributed by atoms with Crippen LogP contribution in [0, 0.1) is 6.92 Å². The molecule has 4 rings (SSSR count). The largest absolute Gasteiger partial charge is 0.496 e. The Morgan fingerprint density at radius 1 is 1.11 bits per heavy atom. The molecule has 2 aromatic carbocycles. The highest BCUT2D eigenvalue weighted by Gasteiger charge is 2.36. The summed E-state index contributed by atoms with van der Waals surface area (Å²) >= 11 is 0. The molecule has 0 saturated heterocycles. The molecule has 5 heteroatoms. The van der Waals surface area contributed by atoms with Crippen molar-refractivity contribution >= 4 is 11.6 Å². The Balaban J connectivity index is 1.78. The summed E-state index contributed by atoms with van der Waals surface area (Å²) in [5.41, 5.74) is 3.23. The molecule has 1 aliphatic rings. The lowest BCUT2D eigenvalue weighted by atomic mass is 9.99. The van der Waals surface area contributed by atoms with Crippen molar-refractivity contribution in [2.24, 2.45) is 5.10 Å². The van der Waals surface area contributed by atoms with Crippen molar-refractivity contribution in [3.63, 3.8) is 0 Å². The van der Waals surface area contributed by atoms with Crippen molar-refractivity contribution in [1.29, 1.82) is 0 Å². The summed E-state index contributed by atoms with van der Waals surface area (Å²) in [5, 5.41) is 6.19. The number of hydrogen-bond donors (Lipinski definition) is 0. The lowest BCUT2D eigenvalue weighted by Crippen LogP contribution is -2.28. The lowest BCUT2D eigenvalue weighted by Gasteiger charge is -2.24. The Morgan fingerprint density at radius 3 is 2.63 bits per heavy atom. The number of amides is 1. The van der Waals surface area contributed by atoms with Gasteiger partial charge in [-0.15, -0.1) is 0 Å². The van der Waals surface area contributed by atoms with Crippen LogP contribution in [0.15, 0.2) is 76.4 Å². The fraction of sp³-hybridized carbons (Fsp3) is 0.182. The maximum Gasteiger partial charge on any atom is 0.274 e. The van der Waals surface area contributed by atoms with E-state index in [-0.39, 0.29) is 11.9 Å². The van der Waals surface area contributed by atoms with Crippen LogP contribution in [0.2, 0.25) is 0 Å². The first-order chi connectivity index (χ1) is 13.2. The first-order valence-corrected chi connectivity index (χ1v) is 8.82. The molecule has 1 aromatic heterocycles. The van der Waals surface area contributed by atoms with Gasteiger partial charge in [0, 0.05) is 17.5 Å². The van der Waals surface area contributed by atoms with E-state index in [1.54, 1.807) is 18.4 Å². The number of ether oxygens (including phenoxy) is 1. The van der Waals surface area contributed by atoms with Gasteiger partial charge < -0.3 is 9.15 Å². The molecule has 0 aliphatic carbocycles. The van der Waals surface area contributed by atoms with Gasteiger partial charge in [-0.25, -0.2) is 5.01 Å². The van der Waals surface area contributed by atoms with Crippen LogP contribution in [0.5, 0.6) is 5.75 Å². The molecule has 1 aliphatic heterocycles. The SMILES string of the molecule is COc1ccccc1C1CC(c2ccco2)=NN1C(=O)c1ccccc1C. The van der Waals surface area contributed by atoms with E-state index in [9.17, 15) is 4.79 Å². The molecule has 2 heterocycles. The van der Waals surface area contributed by atoms with Crippen LogP contribution < -0.4 is 4.74 Å². The van der Waals surface area contributed by atoms with E-state index in [4.69, 9.17) is 9.15 Å². The smallest absolute Gasteiger partial charge is 0.274 e. The second kappa shape index (κ2) is 7.11. The number of hydrogen-bond acceptors (Lipinski definition) is 4. The normalized spacial score (nSPS) is 16.3. The van der Waals surface area contributed by atoms with E-state index in [1.165, 1.54) is 0 Å². The number of hydrazone groups is 1. The summed E-state index contributed by atoms with van der Waals surface area (Å²) in [6.45, 7) is 1.93. The van der Waals surface area contributed by atoms with Crippen molar-refractivity contribution in [3.8, 4) is 5.75 Å². The zero-order chi connectivity index (χ0) is 18.8. The Morgan fingerprint density at radius 2 is 1.89 bits per heavy atom. The number of rotatable bonds is 4. The minimum absolute atomic E-state index is 0.134. The van der Waals surface area contributed by atoms with Crippen LogP contribution in [0.4, 0.5) is 0 Å². The number of para-hydroxylation sites is 1. The molecule has 0 radical (unpaired) electrons. The number of benzene rings is 2. The predicted octanol–water partition coefficient (Wildman–Crippen LogP) is 4.59. The second-order valence-electron chi connectivity index (χ2n) is 6.45. The molecule has 0 bridgehead atoms. The molecule has 1 atom stereocenters. The van der Waals surface area contributed by atoms with Crippen LogP contribution in [0.3, 0.4) is 0 Å². The Bertz CT molecular complexity index is 992. The van der Waals surface area contributed by atoms with E-state index in [2.05, 4.69) is 5.10 Å². The number of carbonyl (C=O) groups excluding carboxylic acids is 1. The highest BCUT2D eigenvalue weighted by Crippen LogP contribution is 2.38. The van der Waals surface area contributed by atoms with Gasteiger partial charge in [-0.05, 0) is 36.8 Å². The van der Waals surface area contributed by atoms with Gasteiger partial charge in [-0.1, -0.05) is 36.4 Å². The summed E-state index contributed by atoms with van der Waals surface area (Å²) < 4.78 is 11.0. The fourth-order valence-electron chi connectivity index (χ4n) is 3.41. The van der Waals surface area contributed by atoms with Gasteiger partial charge in [0.05, 0.1) is 19.4 Å². The second-order valence-corrected chi connectivity index (χ2v) is 6.45. The molecular weight excluding hydrogens is 340 g/mol. The maximum atomic E-state index is 13.3. The quantitative estimate of drug-likeness (QED) is 0.684. The zero-order valence-corrected chi connectivity index (χ0v) is 15.3. The third-order valence-corrected chi connectivity index (χ3v) is 4.80. The molecule has 1 amide bonds. The number of aryl methyl sites for hydroxylation is 1. The van der Waals surface area contributed by atoms with Crippen LogP contribution >= 0.6 is 0 Å². The van der Waals surface area contributed by atoms with Crippen molar-refractivity contribution in [2.75, 3.05) is 7.11 Å². The molecule has 1 unspecified atom stereocenters. The van der Waals surface area contributed by atoms with Gasteiger partial charge in [0.1, 0.15) is 17.2 Å². The Kier molecular flexibility index (Phi) is 4.50. The van der Waals surface area contributed by atoms with E-state index in [0.717, 1.165) is 22.6 Å². The molecular formula is C22H20N2O3. The lowest BCUT2D eigenvalue weighted by molar-refractivity contribution is 0.0708. The Hall–Kier alpha value is -3.34. The zero-order valence-electron chi connectivity index (χ0n) is 15.3. The maximum absolute atomic E-state index is 13.3. The van der Waals surface area contributed by atoms with Crippen molar-refractivity contribution in [2.45, 2.75) is 19.4 Å². The van der Waals surface area contributed by atoms with E-state index in [0.29, 0.717) is 17.7 Å². The first-order valence-electron chi connectivity index (χ1n) is 8.82. The number of methoxy groups -OCH3 is 1. The van der Waals surface area contributed by atoms with E-state index in [1.807, 2.05) is 67.6 Å². The average Bonchev–Trinajstić information content (AvgIpc) is 3.37. The van der Waals surface area contributed by atoms with Crippen LogP contribution in [0.1, 0.15) is 39.7 Å². The van der Waals surface area contributed by atoms with Crippen molar-refractivity contribution in [1.82, 2.24) is 5.01 Å². The van der Waals surface area contributed by atoms with Crippen LogP contribution in [-0.4, -0.2) is 23.7 Å². The number of furan rings is 1. The molecule has 0 spiro atoms. The molecule has 0 fully saturated rings.